The second kappa shape index (κ2) is 9.33. The molecular weight excluding hydrogens is 310 g/mol. The molecule has 6 heavy (non-hydrogen) atoms. The Morgan fingerprint density at radius 2 is 1.83 bits per heavy atom. The number of rotatable bonds is 0. The maximum absolute atomic E-state index is 8.89. The molecule has 0 aliphatic carbocycles. The van der Waals surface area contributed by atoms with Crippen LogP contribution in [0.3, 0.4) is 0 Å². The van der Waals surface area contributed by atoms with Gasteiger partial charge in [0.05, 0.1) is 0 Å². The molecular formula is C2H4I2O2. The average molecular weight is 314 g/mol. The minimum Gasteiger partial charge on any atom is -0.550 e. The number of carbonyl (C=O) groups excluding carboxylic acids is 1. The van der Waals surface area contributed by atoms with E-state index in [-0.39, 0.29) is 0 Å². The average Bonchev–Trinajstić information content (AvgIpc) is 1.41. The summed E-state index contributed by atoms with van der Waals surface area (Å²) in [5.41, 5.74) is 0. The lowest BCUT2D eigenvalue weighted by molar-refractivity contribution is -0.302. The third-order valence-corrected chi connectivity index (χ3v) is 0. The van der Waals surface area contributed by atoms with Crippen LogP contribution in [0.4, 0.5) is 0 Å². The molecule has 0 spiro atoms. The van der Waals surface area contributed by atoms with Gasteiger partial charge in [-0.2, -0.15) is 0 Å². The van der Waals surface area contributed by atoms with E-state index in [1.165, 1.54) is 0 Å². The third kappa shape index (κ3) is 88.0. The van der Waals surface area contributed by atoms with Gasteiger partial charge in [-0.05, 0) is 6.92 Å². The summed E-state index contributed by atoms with van der Waals surface area (Å²) in [6.07, 6.45) is 0. The fraction of sp³-hybridized carbons (Fsp3) is 0.500. The molecule has 0 heterocycles. The van der Waals surface area contributed by atoms with Crippen LogP contribution in [-0.2, 0) is 4.79 Å². The topological polar surface area (TPSA) is 40.1 Å². The van der Waals surface area contributed by atoms with Crippen LogP contribution in [0, 0.1) is 0 Å². The standard InChI is InChI=1S/C2H4O2.HI2/c1-2(3)4;1-2/h1H3,(H,3,4);1H/q;+1/p-1. The molecule has 0 saturated carbocycles. The Morgan fingerprint density at radius 3 is 1.83 bits per heavy atom. The Hall–Kier alpha value is 0.930. The zero-order valence-electron chi connectivity index (χ0n) is 3.10. The van der Waals surface area contributed by atoms with Crippen molar-refractivity contribution in [1.82, 2.24) is 0 Å². The summed E-state index contributed by atoms with van der Waals surface area (Å²) in [5.74, 6) is -1.08. The summed E-state index contributed by atoms with van der Waals surface area (Å²) in [4.78, 5) is 8.89. The molecule has 0 aliphatic rings. The van der Waals surface area contributed by atoms with E-state index in [2.05, 4.69) is 18.6 Å². The second-order valence-electron chi connectivity index (χ2n) is 0.492. The molecule has 0 aromatic heterocycles. The highest BCUT2D eigenvalue weighted by atomic mass is 128. The normalized spacial score (nSPS) is 5.17. The van der Waals surface area contributed by atoms with Gasteiger partial charge in [-0.15, -0.1) is 0 Å². The first-order valence-corrected chi connectivity index (χ1v) is 7.85. The van der Waals surface area contributed by atoms with E-state index in [0.29, 0.717) is 0 Å². The molecule has 4 heteroatoms. The van der Waals surface area contributed by atoms with Gasteiger partial charge in [-0.3, -0.25) is 0 Å². The summed E-state index contributed by atoms with van der Waals surface area (Å²) in [6.45, 7) is 0.972. The Bertz CT molecular complexity index is 32.5. The largest absolute Gasteiger partial charge is 0.550 e. The van der Waals surface area contributed by atoms with Crippen LogP contribution < -0.4 is 23.7 Å². The van der Waals surface area contributed by atoms with Gasteiger partial charge in [-0.1, -0.05) is 0 Å². The van der Waals surface area contributed by atoms with Crippen molar-refractivity contribution in [3.63, 3.8) is 0 Å². The second-order valence-corrected chi connectivity index (χ2v) is 0.492. The first kappa shape index (κ1) is 10.0. The van der Waals surface area contributed by atoms with Crippen molar-refractivity contribution in [2.75, 3.05) is 0 Å². The fourth-order valence-electron chi connectivity index (χ4n) is 0. The molecule has 0 saturated heterocycles. The lowest BCUT2D eigenvalue weighted by atomic mass is 10.9. The summed E-state index contributed by atoms with van der Waals surface area (Å²) >= 11 is 4.08. The minimum absolute atomic E-state index is 0.972. The first-order valence-electron chi connectivity index (χ1n) is 1.06. The summed E-state index contributed by atoms with van der Waals surface area (Å²) in [5, 5.41) is 8.89. The van der Waals surface area contributed by atoms with Crippen LogP contribution in [-0.4, -0.2) is 5.97 Å². The zero-order valence-corrected chi connectivity index (χ0v) is 7.59. The molecule has 38 valence electrons. The maximum atomic E-state index is 8.89. The van der Waals surface area contributed by atoms with Crippen LogP contribution in [0.15, 0.2) is 0 Å². The molecule has 0 amide bonds. The lowest BCUT2D eigenvalue weighted by Gasteiger charge is -1.77. The van der Waals surface area contributed by atoms with Crippen LogP contribution in [0.1, 0.15) is 6.92 Å². The van der Waals surface area contributed by atoms with Crippen molar-refractivity contribution >= 4 is 24.6 Å². The van der Waals surface area contributed by atoms with Crippen molar-refractivity contribution in [3.8, 4) is 0 Å². The van der Waals surface area contributed by atoms with Crippen LogP contribution in [0.25, 0.3) is 0 Å². The Labute approximate surface area is 59.6 Å². The zero-order chi connectivity index (χ0) is 5.58. The first-order chi connectivity index (χ1) is 2.73. The van der Waals surface area contributed by atoms with E-state index in [1.54, 1.807) is 0 Å². The molecule has 0 aromatic carbocycles. The van der Waals surface area contributed by atoms with Gasteiger partial charge in [0.1, 0.15) is 0 Å². The Balaban J connectivity index is 0. The molecule has 0 atom stereocenters. The van der Waals surface area contributed by atoms with Gasteiger partial charge in [0, 0.05) is 5.97 Å². The fourth-order valence-corrected chi connectivity index (χ4v) is 0. The van der Waals surface area contributed by atoms with Crippen LogP contribution >= 0.6 is 18.6 Å². The Morgan fingerprint density at radius 1 is 1.83 bits per heavy atom. The van der Waals surface area contributed by atoms with E-state index < -0.39 is 5.97 Å². The molecule has 0 unspecified atom stereocenters. The van der Waals surface area contributed by atoms with E-state index in [0.717, 1.165) is 6.92 Å². The van der Waals surface area contributed by atoms with Gasteiger partial charge < -0.3 is 9.90 Å². The SMILES string of the molecule is CC(=O)[O-].I[IH+]. The quantitative estimate of drug-likeness (QED) is 0.433. The predicted molar refractivity (Wildman–Crippen MR) is 26.1 cm³/mol. The van der Waals surface area contributed by atoms with Gasteiger partial charge >= 0.3 is 18.6 Å². The minimum atomic E-state index is -1.08. The predicted octanol–water partition coefficient (Wildman–Crippen LogP) is -3.62. The van der Waals surface area contributed by atoms with Gasteiger partial charge in [0.2, 0.25) is 0 Å². The van der Waals surface area contributed by atoms with Crippen molar-refractivity contribution < 1.29 is 28.5 Å². The van der Waals surface area contributed by atoms with E-state index in [1.807, 2.05) is 18.6 Å². The van der Waals surface area contributed by atoms with Crippen LogP contribution in [0.5, 0.6) is 0 Å². The third-order valence-electron chi connectivity index (χ3n) is 0. The smallest absolute Gasteiger partial charge is 0.328 e. The molecule has 0 aliphatic heterocycles. The van der Waals surface area contributed by atoms with Gasteiger partial charge in [0.15, 0.2) is 0 Å². The summed E-state index contributed by atoms with van der Waals surface area (Å²) in [6, 6.07) is 0. The molecule has 0 aromatic rings. The number of hydrogen-bond donors (Lipinski definition) is 0. The number of halogens is 2. The lowest BCUT2D eigenvalue weighted by Crippen LogP contribution is -3.24. The molecule has 2 nitrogen and oxygen atoms in total. The van der Waals surface area contributed by atoms with Crippen LogP contribution in [0.2, 0.25) is 0 Å². The molecule has 0 fully saturated rings. The van der Waals surface area contributed by atoms with E-state index >= 15 is 0 Å². The van der Waals surface area contributed by atoms with Gasteiger partial charge in [0.25, 0.3) is 18.6 Å². The highest BCUT2D eigenvalue weighted by Gasteiger charge is 1.46. The van der Waals surface area contributed by atoms with E-state index in [9.17, 15) is 0 Å². The monoisotopic (exact) mass is 314 g/mol. The highest BCUT2D eigenvalue weighted by molar-refractivity contribution is 14.1. The molecule has 0 bridgehead atoms. The highest BCUT2D eigenvalue weighted by Crippen LogP contribution is 1.31. The molecule has 0 radical (unpaired) electrons. The Kier molecular flexibility index (Phi) is 15.6. The van der Waals surface area contributed by atoms with Crippen molar-refractivity contribution in [2.24, 2.45) is 0 Å². The van der Waals surface area contributed by atoms with Crippen molar-refractivity contribution in [3.05, 3.63) is 0 Å². The summed E-state index contributed by atoms with van der Waals surface area (Å²) < 4.78 is 0. The van der Waals surface area contributed by atoms with E-state index in [4.69, 9.17) is 9.90 Å². The number of carboxylic acids is 1. The molecule has 0 N–H and O–H groups in total. The maximum Gasteiger partial charge on any atom is 0.328 e. The number of carbonyl (C=O) groups is 1. The summed E-state index contributed by atoms with van der Waals surface area (Å²) in [7, 11) is 0. The number of aliphatic carboxylic acids is 1. The van der Waals surface area contributed by atoms with Gasteiger partial charge in [-0.25, -0.2) is 0 Å². The van der Waals surface area contributed by atoms with Crippen molar-refractivity contribution in [2.45, 2.75) is 6.92 Å². The molecule has 0 rings (SSSR count). The van der Waals surface area contributed by atoms with Crippen molar-refractivity contribution in [1.29, 1.82) is 0 Å². The number of hydrogen-bond acceptors (Lipinski definition) is 2. The number of carboxylic acid groups (broad SMARTS) is 1.